The van der Waals surface area contributed by atoms with Crippen LogP contribution in [0.5, 0.6) is 5.88 Å². The summed E-state index contributed by atoms with van der Waals surface area (Å²) < 4.78 is 17.6. The lowest BCUT2D eigenvalue weighted by molar-refractivity contribution is 0.00578. The highest BCUT2D eigenvalue weighted by Crippen LogP contribution is 2.36. The molecule has 0 bridgehead atoms. The highest BCUT2D eigenvalue weighted by Gasteiger charge is 2.51. The Morgan fingerprint density at radius 3 is 2.36 bits per heavy atom. The molecule has 1 aliphatic heterocycles. The molecule has 0 saturated carbocycles. The summed E-state index contributed by atoms with van der Waals surface area (Å²) in [6.45, 7) is 17.9. The Labute approximate surface area is 155 Å². The number of ether oxygens (including phenoxy) is 1. The molecular formula is C19H25BClNO3. The van der Waals surface area contributed by atoms with Crippen LogP contribution in [-0.2, 0) is 9.31 Å². The van der Waals surface area contributed by atoms with E-state index in [0.717, 1.165) is 16.6 Å². The van der Waals surface area contributed by atoms with Crippen LogP contribution >= 0.6 is 11.6 Å². The Balaban J connectivity index is 2.04. The van der Waals surface area contributed by atoms with Gasteiger partial charge in [-0.3, -0.25) is 0 Å². The van der Waals surface area contributed by atoms with Gasteiger partial charge in [0, 0.05) is 11.7 Å². The molecule has 1 aromatic rings. The molecule has 0 aromatic carbocycles. The first-order valence-corrected chi connectivity index (χ1v) is 8.55. The van der Waals surface area contributed by atoms with E-state index in [1.165, 1.54) is 0 Å². The molecule has 0 amide bonds. The molecule has 2 rings (SSSR count). The molecule has 0 unspecified atom stereocenters. The third-order valence-corrected chi connectivity index (χ3v) is 4.62. The number of halogens is 1. The van der Waals surface area contributed by atoms with Crippen LogP contribution in [0.1, 0.15) is 34.6 Å². The molecule has 134 valence electrons. The summed E-state index contributed by atoms with van der Waals surface area (Å²) >= 11 is 6.30. The Kier molecular flexibility index (Phi) is 5.82. The first-order chi connectivity index (χ1) is 11.5. The van der Waals surface area contributed by atoms with E-state index in [0.29, 0.717) is 17.5 Å². The third kappa shape index (κ3) is 4.75. The van der Waals surface area contributed by atoms with Crippen molar-refractivity contribution in [3.63, 3.8) is 0 Å². The van der Waals surface area contributed by atoms with Crippen LogP contribution in [0.3, 0.4) is 0 Å². The van der Waals surface area contributed by atoms with Crippen molar-refractivity contribution < 1.29 is 14.0 Å². The molecule has 25 heavy (non-hydrogen) atoms. The standard InChI is InChI=1S/C19H25BClNO3/c1-13(2)8-9-14(3)12-23-17-16(21)10-15(11-22-17)20-24-18(4,5)19(6,7)25-20/h8-11H,1,3,12H2,2,4-7H3/b9-8-. The molecule has 1 aromatic heterocycles. The fourth-order valence-corrected chi connectivity index (χ4v) is 2.35. The zero-order valence-electron chi connectivity index (χ0n) is 15.6. The lowest BCUT2D eigenvalue weighted by Gasteiger charge is -2.32. The fourth-order valence-electron chi connectivity index (χ4n) is 2.12. The van der Waals surface area contributed by atoms with Crippen molar-refractivity contribution in [3.8, 4) is 5.88 Å². The zero-order chi connectivity index (χ0) is 18.8. The number of hydrogen-bond donors (Lipinski definition) is 0. The number of allylic oxidation sites excluding steroid dienone is 2. The van der Waals surface area contributed by atoms with Gasteiger partial charge in [-0.15, -0.1) is 0 Å². The lowest BCUT2D eigenvalue weighted by atomic mass is 9.80. The molecule has 1 fully saturated rings. The van der Waals surface area contributed by atoms with Crippen molar-refractivity contribution in [3.05, 3.63) is 53.7 Å². The zero-order valence-corrected chi connectivity index (χ0v) is 16.3. The highest BCUT2D eigenvalue weighted by molar-refractivity contribution is 6.62. The van der Waals surface area contributed by atoms with Crippen molar-refractivity contribution in [2.75, 3.05) is 6.61 Å². The van der Waals surface area contributed by atoms with Crippen LogP contribution in [0.25, 0.3) is 0 Å². The average Bonchev–Trinajstić information content (AvgIpc) is 2.72. The summed E-state index contributed by atoms with van der Waals surface area (Å²) in [6, 6.07) is 1.76. The van der Waals surface area contributed by atoms with Gasteiger partial charge in [-0.1, -0.05) is 42.5 Å². The summed E-state index contributed by atoms with van der Waals surface area (Å²) in [5.74, 6) is 0.354. The third-order valence-electron chi connectivity index (χ3n) is 4.35. The van der Waals surface area contributed by atoms with Gasteiger partial charge in [0.15, 0.2) is 0 Å². The van der Waals surface area contributed by atoms with Gasteiger partial charge in [0.25, 0.3) is 0 Å². The predicted octanol–water partition coefficient (Wildman–Crippen LogP) is 4.10. The largest absolute Gasteiger partial charge is 0.496 e. The van der Waals surface area contributed by atoms with Gasteiger partial charge in [0.1, 0.15) is 11.6 Å². The fraction of sp³-hybridized carbons (Fsp3) is 0.421. The van der Waals surface area contributed by atoms with Gasteiger partial charge >= 0.3 is 7.12 Å². The van der Waals surface area contributed by atoms with E-state index >= 15 is 0 Å². The number of hydrogen-bond acceptors (Lipinski definition) is 4. The quantitative estimate of drug-likeness (QED) is 0.565. The van der Waals surface area contributed by atoms with Crippen molar-refractivity contribution in [1.82, 2.24) is 4.98 Å². The maximum atomic E-state index is 6.30. The molecule has 1 saturated heterocycles. The normalized spacial score (nSPS) is 18.6. The van der Waals surface area contributed by atoms with Crippen LogP contribution in [0.4, 0.5) is 0 Å². The first kappa shape index (κ1) is 19.8. The van der Waals surface area contributed by atoms with Crippen LogP contribution in [0, 0.1) is 0 Å². The van der Waals surface area contributed by atoms with Crippen molar-refractivity contribution in [1.29, 1.82) is 0 Å². The summed E-state index contributed by atoms with van der Waals surface area (Å²) in [5, 5.41) is 0.406. The van der Waals surface area contributed by atoms with E-state index in [9.17, 15) is 0 Å². The topological polar surface area (TPSA) is 40.6 Å². The molecule has 0 radical (unpaired) electrons. The lowest BCUT2D eigenvalue weighted by Crippen LogP contribution is -2.41. The van der Waals surface area contributed by atoms with Crippen LogP contribution in [0.2, 0.25) is 5.02 Å². The number of rotatable bonds is 6. The number of pyridine rings is 1. The maximum Gasteiger partial charge on any atom is 0.496 e. The van der Waals surface area contributed by atoms with Crippen molar-refractivity contribution in [2.45, 2.75) is 45.8 Å². The number of nitrogens with zero attached hydrogens (tertiary/aromatic N) is 1. The minimum atomic E-state index is -0.502. The van der Waals surface area contributed by atoms with E-state index in [1.54, 1.807) is 12.3 Å². The maximum absolute atomic E-state index is 6.30. The smallest absolute Gasteiger partial charge is 0.472 e. The summed E-state index contributed by atoms with van der Waals surface area (Å²) in [4.78, 5) is 4.29. The van der Waals surface area contributed by atoms with Gasteiger partial charge in [0.2, 0.25) is 5.88 Å². The Morgan fingerprint density at radius 1 is 1.24 bits per heavy atom. The molecule has 6 heteroatoms. The second kappa shape index (κ2) is 7.36. The van der Waals surface area contributed by atoms with Gasteiger partial charge in [-0.2, -0.15) is 0 Å². The van der Waals surface area contributed by atoms with E-state index < -0.39 is 18.3 Å². The van der Waals surface area contributed by atoms with Gasteiger partial charge in [-0.05, 0) is 46.3 Å². The minimum absolute atomic E-state index is 0.298. The Morgan fingerprint density at radius 2 is 1.84 bits per heavy atom. The van der Waals surface area contributed by atoms with E-state index in [2.05, 4.69) is 18.1 Å². The molecule has 0 N–H and O–H groups in total. The van der Waals surface area contributed by atoms with Crippen LogP contribution in [-0.4, -0.2) is 29.9 Å². The second-order valence-electron chi connectivity index (χ2n) is 7.27. The van der Waals surface area contributed by atoms with E-state index in [1.807, 2.05) is 46.8 Å². The monoisotopic (exact) mass is 361 g/mol. The summed E-state index contributed by atoms with van der Waals surface area (Å²) in [7, 11) is -0.502. The molecule has 1 aliphatic rings. The SMILES string of the molecule is C=C(C)/C=C\C(=C)COc1ncc(B2OC(C)(C)C(C)(C)O2)cc1Cl. The van der Waals surface area contributed by atoms with Crippen LogP contribution < -0.4 is 10.2 Å². The van der Waals surface area contributed by atoms with Gasteiger partial charge < -0.3 is 14.0 Å². The molecule has 2 heterocycles. The molecule has 4 nitrogen and oxygen atoms in total. The van der Waals surface area contributed by atoms with Gasteiger partial charge in [0.05, 0.1) is 11.2 Å². The molecule has 0 atom stereocenters. The summed E-state index contributed by atoms with van der Waals surface area (Å²) in [6.07, 6.45) is 5.40. The predicted molar refractivity (Wildman–Crippen MR) is 104 cm³/mol. The van der Waals surface area contributed by atoms with E-state index in [-0.39, 0.29) is 0 Å². The van der Waals surface area contributed by atoms with Crippen molar-refractivity contribution in [2.24, 2.45) is 0 Å². The Hall–Kier alpha value is -1.56. The molecule has 0 aliphatic carbocycles. The first-order valence-electron chi connectivity index (χ1n) is 8.17. The minimum Gasteiger partial charge on any atom is -0.472 e. The summed E-state index contributed by atoms with van der Waals surface area (Å²) in [5.41, 5.74) is 1.69. The second-order valence-corrected chi connectivity index (χ2v) is 7.68. The molecular weight excluding hydrogens is 336 g/mol. The van der Waals surface area contributed by atoms with Gasteiger partial charge in [-0.25, -0.2) is 4.98 Å². The average molecular weight is 362 g/mol. The highest BCUT2D eigenvalue weighted by atomic mass is 35.5. The number of aromatic nitrogens is 1. The van der Waals surface area contributed by atoms with E-state index in [4.69, 9.17) is 25.6 Å². The molecule has 0 spiro atoms. The van der Waals surface area contributed by atoms with Crippen LogP contribution in [0.15, 0.2) is 48.7 Å². The van der Waals surface area contributed by atoms with Crippen molar-refractivity contribution >= 4 is 24.2 Å². The Bertz CT molecular complexity index is 697.